The average molecular weight is 501 g/mol. The van der Waals surface area contributed by atoms with E-state index < -0.39 is 23.2 Å². The predicted octanol–water partition coefficient (Wildman–Crippen LogP) is 4.47. The van der Waals surface area contributed by atoms with E-state index in [9.17, 15) is 24.3 Å². The van der Waals surface area contributed by atoms with Crippen molar-refractivity contribution in [2.45, 2.75) is 79.6 Å². The lowest BCUT2D eigenvalue weighted by Crippen LogP contribution is -2.53. The summed E-state index contributed by atoms with van der Waals surface area (Å²) in [6.07, 6.45) is 5.83. The van der Waals surface area contributed by atoms with Gasteiger partial charge in [0.15, 0.2) is 0 Å². The number of Topliss-reactive ketones (excluding diaryl/α,β-unsaturated/α-hetero) is 2. The molecule has 5 aliphatic carbocycles. The molecule has 12 atom stereocenters. The Bertz CT molecular complexity index is 930. The van der Waals surface area contributed by atoms with Crippen LogP contribution in [0.2, 0.25) is 0 Å². The van der Waals surface area contributed by atoms with Crippen molar-refractivity contribution >= 4 is 23.5 Å². The van der Waals surface area contributed by atoms with Crippen LogP contribution in [0.1, 0.15) is 79.6 Å². The number of carbonyl (C=O) groups is 4. The summed E-state index contributed by atoms with van der Waals surface area (Å²) in [5.41, 5.74) is -0.397. The maximum atomic E-state index is 13.6. The number of ketones is 2. The van der Waals surface area contributed by atoms with Gasteiger partial charge in [0.25, 0.3) is 0 Å². The smallest absolute Gasteiger partial charge is 0.317 e. The molecule has 1 N–H and O–H groups in total. The van der Waals surface area contributed by atoms with Crippen molar-refractivity contribution < 1.29 is 29.0 Å². The molecule has 200 valence electrons. The van der Waals surface area contributed by atoms with Crippen LogP contribution in [0.3, 0.4) is 0 Å². The Morgan fingerprint density at radius 2 is 1.58 bits per heavy atom. The van der Waals surface area contributed by atoms with E-state index in [2.05, 4.69) is 6.92 Å². The Morgan fingerprint density at radius 1 is 0.889 bits per heavy atom. The molecule has 0 aromatic rings. The maximum Gasteiger partial charge on any atom is 0.317 e. The Hall–Kier alpha value is -1.56. The summed E-state index contributed by atoms with van der Waals surface area (Å²) < 4.78 is 5.14. The van der Waals surface area contributed by atoms with Gasteiger partial charge in [-0.05, 0) is 85.9 Å². The maximum absolute atomic E-state index is 13.6. The minimum absolute atomic E-state index is 0.0225. The SMILES string of the molecule is CC1C(=O)OC(=O)C1C1C2CC(C(=O)C(C)(C)C)C(C2)C1C1C2CCC(C(C(=O)CCCO)C2)C1C. The zero-order valence-corrected chi connectivity index (χ0v) is 22.6. The van der Waals surface area contributed by atoms with Crippen LogP contribution in [0.15, 0.2) is 0 Å². The second kappa shape index (κ2) is 9.32. The largest absolute Gasteiger partial charge is 0.396 e. The first-order chi connectivity index (χ1) is 17.0. The van der Waals surface area contributed by atoms with Crippen LogP contribution in [0, 0.1) is 76.4 Å². The molecule has 0 spiro atoms. The van der Waals surface area contributed by atoms with Gasteiger partial charge in [0, 0.05) is 30.3 Å². The van der Waals surface area contributed by atoms with E-state index in [1.165, 1.54) is 0 Å². The van der Waals surface area contributed by atoms with Gasteiger partial charge in [-0.1, -0.05) is 34.6 Å². The molecule has 36 heavy (non-hydrogen) atoms. The van der Waals surface area contributed by atoms with E-state index in [0.29, 0.717) is 48.1 Å². The molecule has 6 aliphatic rings. The summed E-state index contributed by atoms with van der Waals surface area (Å²) in [5.74, 6) is 1.43. The number of aliphatic hydroxyl groups is 1. The van der Waals surface area contributed by atoms with Crippen LogP contribution < -0.4 is 0 Å². The highest BCUT2D eigenvalue weighted by Gasteiger charge is 2.65. The minimum atomic E-state index is -0.426. The van der Waals surface area contributed by atoms with Crippen molar-refractivity contribution in [2.24, 2.45) is 76.4 Å². The molecule has 6 fully saturated rings. The number of hydrogen-bond acceptors (Lipinski definition) is 6. The van der Waals surface area contributed by atoms with Crippen LogP contribution in [-0.2, 0) is 23.9 Å². The van der Waals surface area contributed by atoms with Gasteiger partial charge in [0.2, 0.25) is 0 Å². The Balaban J connectivity index is 1.48. The molecule has 0 aromatic heterocycles. The molecule has 1 saturated heterocycles. The fourth-order valence-corrected chi connectivity index (χ4v) is 9.88. The fourth-order valence-electron chi connectivity index (χ4n) is 9.88. The van der Waals surface area contributed by atoms with Gasteiger partial charge < -0.3 is 9.84 Å². The van der Waals surface area contributed by atoms with E-state index >= 15 is 0 Å². The summed E-state index contributed by atoms with van der Waals surface area (Å²) in [5, 5.41) is 9.22. The van der Waals surface area contributed by atoms with Crippen molar-refractivity contribution in [3.8, 4) is 0 Å². The predicted molar refractivity (Wildman–Crippen MR) is 133 cm³/mol. The number of ether oxygens (including phenoxy) is 1. The highest BCUT2D eigenvalue weighted by molar-refractivity contribution is 5.96. The van der Waals surface area contributed by atoms with Gasteiger partial charge in [-0.15, -0.1) is 0 Å². The number of fused-ring (bicyclic) bond motifs is 5. The van der Waals surface area contributed by atoms with Crippen LogP contribution in [-0.4, -0.2) is 35.2 Å². The number of cyclic esters (lactones) is 2. The molecule has 5 saturated carbocycles. The molecule has 1 heterocycles. The van der Waals surface area contributed by atoms with Crippen molar-refractivity contribution in [3.05, 3.63) is 0 Å². The quantitative estimate of drug-likeness (QED) is 0.409. The molecule has 0 amide bonds. The molecule has 0 radical (unpaired) electrons. The van der Waals surface area contributed by atoms with Gasteiger partial charge in [-0.25, -0.2) is 0 Å². The van der Waals surface area contributed by atoms with E-state index in [1.807, 2.05) is 27.7 Å². The van der Waals surface area contributed by atoms with Gasteiger partial charge in [-0.2, -0.15) is 0 Å². The molecule has 6 nitrogen and oxygen atoms in total. The average Bonchev–Trinajstić information content (AvgIpc) is 3.47. The number of rotatable bonds is 7. The topological polar surface area (TPSA) is 97.7 Å². The molecular weight excluding hydrogens is 456 g/mol. The standard InChI is InChI=1S/C30H44O6/c1-14-18-9-8-16(11-19(18)22(32)7-6-10-31)23(14)26-20-12-17(13-21(20)27(33)30(3,4)5)25(26)24-15(2)28(34)36-29(24)35/h14-21,23-26,31H,6-13H2,1-5H3. The number of hydrogen-bond donors (Lipinski definition) is 1. The molecule has 4 bridgehead atoms. The third-order valence-corrected chi connectivity index (χ3v) is 11.2. The molecule has 6 rings (SSSR count). The van der Waals surface area contributed by atoms with Gasteiger partial charge in [0.1, 0.15) is 11.6 Å². The zero-order chi connectivity index (χ0) is 26.1. The number of carbonyl (C=O) groups excluding carboxylic acids is 4. The number of esters is 2. The van der Waals surface area contributed by atoms with Crippen LogP contribution in [0.25, 0.3) is 0 Å². The number of aliphatic hydroxyl groups excluding tert-OH is 1. The minimum Gasteiger partial charge on any atom is -0.396 e. The first-order valence-corrected chi connectivity index (χ1v) is 14.4. The normalized spacial score (nSPS) is 45.8. The first kappa shape index (κ1) is 26.1. The molecule has 1 aliphatic heterocycles. The molecular formula is C30H44O6. The third kappa shape index (κ3) is 4.01. The van der Waals surface area contributed by atoms with E-state index in [0.717, 1.165) is 32.1 Å². The molecule has 6 heteroatoms. The van der Waals surface area contributed by atoms with Crippen molar-refractivity contribution in [1.82, 2.24) is 0 Å². The van der Waals surface area contributed by atoms with Crippen LogP contribution in [0.5, 0.6) is 0 Å². The van der Waals surface area contributed by atoms with E-state index in [-0.39, 0.29) is 48.1 Å². The van der Waals surface area contributed by atoms with Crippen LogP contribution in [0.4, 0.5) is 0 Å². The lowest BCUT2D eigenvalue weighted by Gasteiger charge is -2.57. The van der Waals surface area contributed by atoms with Gasteiger partial charge >= 0.3 is 11.9 Å². The van der Waals surface area contributed by atoms with Crippen molar-refractivity contribution in [2.75, 3.05) is 6.61 Å². The summed E-state index contributed by atoms with van der Waals surface area (Å²) in [6, 6.07) is 0. The summed E-state index contributed by atoms with van der Waals surface area (Å²) in [6.45, 7) is 10.2. The van der Waals surface area contributed by atoms with Crippen LogP contribution >= 0.6 is 0 Å². The lowest BCUT2D eigenvalue weighted by molar-refractivity contribution is -0.155. The van der Waals surface area contributed by atoms with Gasteiger partial charge in [0.05, 0.1) is 11.8 Å². The van der Waals surface area contributed by atoms with Crippen molar-refractivity contribution in [1.29, 1.82) is 0 Å². The Morgan fingerprint density at radius 3 is 2.17 bits per heavy atom. The summed E-state index contributed by atoms with van der Waals surface area (Å²) in [4.78, 5) is 52.0. The second-order valence-electron chi connectivity index (χ2n) is 13.9. The second-order valence-corrected chi connectivity index (χ2v) is 13.9. The molecule has 12 unspecified atom stereocenters. The summed E-state index contributed by atoms with van der Waals surface area (Å²) >= 11 is 0. The van der Waals surface area contributed by atoms with E-state index in [4.69, 9.17) is 4.74 Å². The summed E-state index contributed by atoms with van der Waals surface area (Å²) in [7, 11) is 0. The Labute approximate surface area is 215 Å². The monoisotopic (exact) mass is 500 g/mol. The fraction of sp³-hybridized carbons (Fsp3) is 0.867. The van der Waals surface area contributed by atoms with E-state index in [1.54, 1.807) is 0 Å². The zero-order valence-electron chi connectivity index (χ0n) is 22.6. The van der Waals surface area contributed by atoms with Gasteiger partial charge in [-0.3, -0.25) is 19.2 Å². The Kier molecular flexibility index (Phi) is 6.75. The molecule has 0 aromatic carbocycles. The van der Waals surface area contributed by atoms with Crippen molar-refractivity contribution in [3.63, 3.8) is 0 Å². The lowest BCUT2D eigenvalue weighted by atomic mass is 9.47. The highest BCUT2D eigenvalue weighted by Crippen LogP contribution is 2.67. The third-order valence-electron chi connectivity index (χ3n) is 11.2. The first-order valence-electron chi connectivity index (χ1n) is 14.4. The highest BCUT2D eigenvalue weighted by atomic mass is 16.6.